The summed E-state index contributed by atoms with van der Waals surface area (Å²) in [6, 6.07) is 16.9. The van der Waals surface area contributed by atoms with Gasteiger partial charge in [-0.05, 0) is 35.6 Å². The number of carbonyl (C=O) groups is 2. The van der Waals surface area contributed by atoms with E-state index in [0.29, 0.717) is 32.0 Å². The average Bonchev–Trinajstić information content (AvgIpc) is 2.89. The minimum absolute atomic E-state index is 0.0107. The van der Waals surface area contributed by atoms with Crippen LogP contribution in [0.5, 0.6) is 0 Å². The van der Waals surface area contributed by atoms with Crippen molar-refractivity contribution in [3.05, 3.63) is 65.7 Å². The van der Waals surface area contributed by atoms with Crippen LogP contribution in [-0.4, -0.2) is 80.1 Å². The fourth-order valence-electron chi connectivity index (χ4n) is 3.72. The molecule has 0 radical (unpaired) electrons. The molecular formula is C26H34F3N3O5S. The van der Waals surface area contributed by atoms with Crippen molar-refractivity contribution in [1.82, 2.24) is 14.5 Å². The zero-order valence-electron chi connectivity index (χ0n) is 21.4. The number of rotatable bonds is 9. The summed E-state index contributed by atoms with van der Waals surface area (Å²) in [5.74, 6) is -2.41. The minimum atomic E-state index is -5.08. The molecule has 12 heteroatoms. The number of amides is 1. The van der Waals surface area contributed by atoms with Crippen molar-refractivity contribution in [2.75, 3.05) is 39.3 Å². The molecule has 0 atom stereocenters. The SMILES string of the molecule is CC(C)c1ccc(S(=O)(=O)N(CCC(=O)N2CCNCC2)CCc2ccccc2)cc1.O=C(O)C(F)(F)F. The molecule has 1 fully saturated rings. The quantitative estimate of drug-likeness (QED) is 0.489. The molecule has 1 amide bonds. The molecule has 1 heterocycles. The number of aliphatic carboxylic acids is 1. The molecule has 2 N–H and O–H groups in total. The van der Waals surface area contributed by atoms with Crippen LogP contribution >= 0.6 is 0 Å². The summed E-state index contributed by atoms with van der Waals surface area (Å²) in [5, 5.41) is 10.4. The molecule has 3 rings (SSSR count). The highest BCUT2D eigenvalue weighted by Crippen LogP contribution is 2.21. The molecule has 1 saturated heterocycles. The molecular weight excluding hydrogens is 523 g/mol. The van der Waals surface area contributed by atoms with Gasteiger partial charge in [0.15, 0.2) is 0 Å². The largest absolute Gasteiger partial charge is 0.490 e. The number of carboxylic acids is 1. The van der Waals surface area contributed by atoms with Crippen LogP contribution in [0.2, 0.25) is 0 Å². The van der Waals surface area contributed by atoms with E-state index in [0.717, 1.165) is 24.2 Å². The number of carboxylic acid groups (broad SMARTS) is 1. The average molecular weight is 558 g/mol. The van der Waals surface area contributed by atoms with Crippen molar-refractivity contribution in [3.8, 4) is 0 Å². The zero-order valence-corrected chi connectivity index (χ0v) is 22.3. The van der Waals surface area contributed by atoms with Crippen molar-refractivity contribution < 1.29 is 36.3 Å². The Balaban J connectivity index is 0.000000638. The third-order valence-electron chi connectivity index (χ3n) is 5.96. The highest BCUT2D eigenvalue weighted by molar-refractivity contribution is 7.89. The topological polar surface area (TPSA) is 107 Å². The van der Waals surface area contributed by atoms with Crippen LogP contribution in [0.15, 0.2) is 59.5 Å². The van der Waals surface area contributed by atoms with E-state index in [1.807, 2.05) is 47.4 Å². The van der Waals surface area contributed by atoms with Gasteiger partial charge in [-0.15, -0.1) is 0 Å². The van der Waals surface area contributed by atoms with Gasteiger partial charge in [-0.3, -0.25) is 4.79 Å². The third-order valence-corrected chi connectivity index (χ3v) is 7.88. The Hall–Kier alpha value is -2.96. The van der Waals surface area contributed by atoms with E-state index in [1.54, 1.807) is 12.1 Å². The molecule has 1 aliphatic heterocycles. The van der Waals surface area contributed by atoms with E-state index in [2.05, 4.69) is 19.2 Å². The summed E-state index contributed by atoms with van der Waals surface area (Å²) in [5.41, 5.74) is 2.18. The van der Waals surface area contributed by atoms with Gasteiger partial charge in [-0.25, -0.2) is 13.2 Å². The summed E-state index contributed by atoms with van der Waals surface area (Å²) < 4.78 is 60.0. The normalized spacial score (nSPS) is 14.2. The second-order valence-corrected chi connectivity index (χ2v) is 11.0. The van der Waals surface area contributed by atoms with Gasteiger partial charge in [0.25, 0.3) is 0 Å². The predicted octanol–water partition coefficient (Wildman–Crippen LogP) is 3.50. The van der Waals surface area contributed by atoms with E-state index in [4.69, 9.17) is 9.90 Å². The lowest BCUT2D eigenvalue weighted by molar-refractivity contribution is -0.192. The first-order chi connectivity index (χ1) is 17.8. The fraction of sp³-hybridized carbons (Fsp3) is 0.462. The summed E-state index contributed by atoms with van der Waals surface area (Å²) in [4.78, 5) is 23.6. The number of benzene rings is 2. The van der Waals surface area contributed by atoms with E-state index < -0.39 is 22.2 Å². The number of hydrogen-bond acceptors (Lipinski definition) is 5. The molecule has 38 heavy (non-hydrogen) atoms. The second kappa shape index (κ2) is 14.3. The predicted molar refractivity (Wildman–Crippen MR) is 137 cm³/mol. The Labute approximate surface area is 221 Å². The van der Waals surface area contributed by atoms with E-state index in [-0.39, 0.29) is 23.8 Å². The Kier molecular flexibility index (Phi) is 11.7. The molecule has 1 aliphatic rings. The molecule has 0 unspecified atom stereocenters. The maximum atomic E-state index is 13.4. The highest BCUT2D eigenvalue weighted by atomic mass is 32.2. The van der Waals surface area contributed by atoms with Crippen LogP contribution in [0.3, 0.4) is 0 Å². The number of alkyl halides is 3. The van der Waals surface area contributed by atoms with Gasteiger partial charge in [0.1, 0.15) is 0 Å². The van der Waals surface area contributed by atoms with Crippen LogP contribution in [0.4, 0.5) is 13.2 Å². The molecule has 210 valence electrons. The van der Waals surface area contributed by atoms with Gasteiger partial charge in [-0.2, -0.15) is 17.5 Å². The maximum Gasteiger partial charge on any atom is 0.490 e. The zero-order chi connectivity index (χ0) is 28.3. The number of piperazine rings is 1. The number of hydrogen-bond donors (Lipinski definition) is 2. The number of sulfonamides is 1. The number of nitrogens with zero attached hydrogens (tertiary/aromatic N) is 2. The lowest BCUT2D eigenvalue weighted by Gasteiger charge is -2.29. The van der Waals surface area contributed by atoms with Gasteiger partial charge in [0, 0.05) is 45.7 Å². The summed E-state index contributed by atoms with van der Waals surface area (Å²) >= 11 is 0. The number of halogens is 3. The minimum Gasteiger partial charge on any atom is -0.475 e. The molecule has 8 nitrogen and oxygen atoms in total. The van der Waals surface area contributed by atoms with Gasteiger partial charge in [0.05, 0.1) is 4.90 Å². The Morgan fingerprint density at radius 1 is 1.00 bits per heavy atom. The first-order valence-electron chi connectivity index (χ1n) is 12.2. The smallest absolute Gasteiger partial charge is 0.475 e. The number of carbonyl (C=O) groups excluding carboxylic acids is 1. The van der Waals surface area contributed by atoms with Gasteiger partial charge < -0.3 is 15.3 Å². The lowest BCUT2D eigenvalue weighted by Crippen LogP contribution is -2.47. The van der Waals surface area contributed by atoms with Crippen molar-refractivity contribution in [2.45, 2.75) is 43.7 Å². The number of nitrogens with one attached hydrogen (secondary N) is 1. The van der Waals surface area contributed by atoms with Crippen LogP contribution in [0, 0.1) is 0 Å². The van der Waals surface area contributed by atoms with Crippen LogP contribution in [0.25, 0.3) is 0 Å². The van der Waals surface area contributed by atoms with E-state index >= 15 is 0 Å². The molecule has 0 aromatic heterocycles. The monoisotopic (exact) mass is 557 g/mol. The van der Waals surface area contributed by atoms with Crippen molar-refractivity contribution in [3.63, 3.8) is 0 Å². The van der Waals surface area contributed by atoms with E-state index in [1.165, 1.54) is 4.31 Å². The van der Waals surface area contributed by atoms with Gasteiger partial charge in [-0.1, -0.05) is 56.3 Å². The molecule has 2 aromatic carbocycles. The van der Waals surface area contributed by atoms with Gasteiger partial charge in [0.2, 0.25) is 15.9 Å². The Morgan fingerprint density at radius 2 is 1.55 bits per heavy atom. The molecule has 0 bridgehead atoms. The maximum absolute atomic E-state index is 13.4. The first-order valence-corrected chi connectivity index (χ1v) is 13.7. The lowest BCUT2D eigenvalue weighted by atomic mass is 10.0. The molecule has 0 spiro atoms. The summed E-state index contributed by atoms with van der Waals surface area (Å²) in [6.07, 6.45) is -4.29. The Morgan fingerprint density at radius 3 is 2.05 bits per heavy atom. The summed E-state index contributed by atoms with van der Waals surface area (Å²) in [7, 11) is -3.69. The first kappa shape index (κ1) is 31.3. The fourth-order valence-corrected chi connectivity index (χ4v) is 5.16. The van der Waals surface area contributed by atoms with Crippen molar-refractivity contribution in [1.29, 1.82) is 0 Å². The third kappa shape index (κ3) is 9.73. The standard InChI is InChI=1S/C24H33N3O3S.C2HF3O2/c1-20(2)22-8-10-23(11-9-22)31(29,30)27(16-12-21-6-4-3-5-7-21)17-13-24(28)26-18-14-25-15-19-26;3-2(4,5)1(6)7/h3-11,20,25H,12-19H2,1-2H3;(H,6,7). The van der Waals surface area contributed by atoms with Crippen LogP contribution in [0.1, 0.15) is 37.3 Å². The Bertz CT molecular complexity index is 1130. The molecule has 2 aromatic rings. The molecule has 0 saturated carbocycles. The van der Waals surface area contributed by atoms with Crippen molar-refractivity contribution in [2.24, 2.45) is 0 Å². The molecule has 0 aliphatic carbocycles. The van der Waals surface area contributed by atoms with Crippen LogP contribution in [-0.2, 0) is 26.0 Å². The van der Waals surface area contributed by atoms with Gasteiger partial charge >= 0.3 is 12.1 Å². The van der Waals surface area contributed by atoms with E-state index in [9.17, 15) is 26.4 Å². The second-order valence-electron chi connectivity index (χ2n) is 9.05. The highest BCUT2D eigenvalue weighted by Gasteiger charge is 2.38. The van der Waals surface area contributed by atoms with Crippen LogP contribution < -0.4 is 5.32 Å². The van der Waals surface area contributed by atoms with Crippen molar-refractivity contribution >= 4 is 21.9 Å². The summed E-state index contributed by atoms with van der Waals surface area (Å²) in [6.45, 7) is 7.60.